The second kappa shape index (κ2) is 6.32. The van der Waals surface area contributed by atoms with Crippen molar-refractivity contribution in [3.05, 3.63) is 12.2 Å². The monoisotopic (exact) mass is 392 g/mol. The van der Waals surface area contributed by atoms with Crippen molar-refractivity contribution in [1.82, 2.24) is 0 Å². The van der Waals surface area contributed by atoms with E-state index in [-0.39, 0.29) is 17.2 Å². The first-order chi connectivity index (χ1) is 13.7. The number of hydrogen-bond acceptors (Lipinski definition) is 6. The van der Waals surface area contributed by atoms with Crippen molar-refractivity contribution in [2.45, 2.75) is 71.2 Å². The molecule has 6 nitrogen and oxygen atoms in total. The Morgan fingerprint density at radius 2 is 1.83 bits per heavy atom. The third-order valence-corrected chi connectivity index (χ3v) is 7.91. The Bertz CT molecular complexity index is 869. The molecule has 1 saturated carbocycles. The van der Waals surface area contributed by atoms with Gasteiger partial charge in [0.25, 0.3) is 0 Å². The van der Waals surface area contributed by atoms with Crippen LogP contribution in [0.2, 0.25) is 0 Å². The van der Waals surface area contributed by atoms with E-state index >= 15 is 0 Å². The van der Waals surface area contributed by atoms with E-state index in [0.29, 0.717) is 25.2 Å². The molecule has 0 aromatic heterocycles. The molecule has 6 unspecified atom stereocenters. The van der Waals surface area contributed by atoms with Crippen LogP contribution >= 0.6 is 0 Å². The van der Waals surface area contributed by atoms with Gasteiger partial charge in [0.05, 0.1) is 30.2 Å². The highest BCUT2D eigenvalue weighted by atomic mass is 16.7. The normalized spacial score (nSPS) is 42.7. The third-order valence-electron chi connectivity index (χ3n) is 7.91. The Morgan fingerprint density at radius 3 is 2.38 bits per heavy atom. The van der Waals surface area contributed by atoms with Crippen molar-refractivity contribution in [1.29, 1.82) is 21.2 Å². The van der Waals surface area contributed by atoms with Crippen LogP contribution in [0.15, 0.2) is 12.2 Å². The Hall–Kier alpha value is -2.36. The van der Waals surface area contributed by atoms with Crippen LogP contribution in [0.4, 0.5) is 0 Å². The molecule has 2 aliphatic heterocycles. The highest BCUT2D eigenvalue weighted by molar-refractivity contribution is 5.89. The number of ether oxygens (including phenoxy) is 2. The molecule has 6 atom stereocenters. The molecular weight excluding hydrogens is 364 g/mol. The molecule has 2 bridgehead atoms. The van der Waals surface area contributed by atoms with Crippen molar-refractivity contribution in [2.24, 2.45) is 34.0 Å². The van der Waals surface area contributed by atoms with Crippen molar-refractivity contribution in [3.63, 3.8) is 0 Å². The van der Waals surface area contributed by atoms with Crippen LogP contribution in [0.25, 0.3) is 0 Å². The smallest absolute Gasteiger partial charge is 0.217 e. The molecule has 3 fully saturated rings. The quantitative estimate of drug-likeness (QED) is 0.662. The van der Waals surface area contributed by atoms with Gasteiger partial charge >= 0.3 is 0 Å². The van der Waals surface area contributed by atoms with Gasteiger partial charge in [-0.25, -0.2) is 0 Å². The molecule has 2 saturated heterocycles. The molecule has 0 aromatic rings. The summed E-state index contributed by atoms with van der Waals surface area (Å²) in [7, 11) is 0. The molecule has 29 heavy (non-hydrogen) atoms. The second-order valence-electron chi connectivity index (χ2n) is 10.2. The SMILES string of the molecule is CC(C)(C)C1CCC23OC(=N)C(C#N)(C2C1)C(C#N)(C#N)C(C1CC=CCC1)O3. The Balaban J connectivity index is 1.88. The molecule has 0 amide bonds. The molecule has 4 rings (SSSR count). The average molecular weight is 393 g/mol. The molecule has 6 heteroatoms. The van der Waals surface area contributed by atoms with E-state index in [4.69, 9.17) is 14.9 Å². The van der Waals surface area contributed by atoms with Gasteiger partial charge < -0.3 is 9.47 Å². The van der Waals surface area contributed by atoms with Gasteiger partial charge in [-0.1, -0.05) is 32.9 Å². The van der Waals surface area contributed by atoms with Gasteiger partial charge in [0.15, 0.2) is 10.8 Å². The van der Waals surface area contributed by atoms with Gasteiger partial charge in [-0.2, -0.15) is 15.8 Å². The average Bonchev–Trinajstić information content (AvgIpc) is 2.91. The summed E-state index contributed by atoms with van der Waals surface area (Å²) in [6.07, 6.45) is 7.84. The van der Waals surface area contributed by atoms with Crippen molar-refractivity contribution in [3.8, 4) is 18.2 Å². The first kappa shape index (κ1) is 19.9. The number of nitriles is 3. The standard InChI is InChI=1S/C23H28N4O2/c1-20(2,3)16-9-10-23-17(11-16)22(14-26,19(27)29-23)21(12-24,13-25)18(28-23)15-7-5-4-6-8-15/h4-5,15-18,27H,6-11H2,1-3H3. The predicted molar refractivity (Wildman–Crippen MR) is 105 cm³/mol. The van der Waals surface area contributed by atoms with Gasteiger partial charge in [-0.3, -0.25) is 5.41 Å². The summed E-state index contributed by atoms with van der Waals surface area (Å²) >= 11 is 0. The second-order valence-corrected chi connectivity index (χ2v) is 10.2. The summed E-state index contributed by atoms with van der Waals surface area (Å²) in [5.74, 6) is -1.55. The van der Waals surface area contributed by atoms with Gasteiger partial charge in [-0.05, 0) is 49.4 Å². The molecular formula is C23H28N4O2. The molecule has 4 aliphatic rings. The molecule has 2 aliphatic carbocycles. The maximum atomic E-state index is 10.4. The zero-order valence-corrected chi connectivity index (χ0v) is 17.4. The minimum absolute atomic E-state index is 0.0207. The molecule has 1 N–H and O–H groups in total. The first-order valence-corrected chi connectivity index (χ1v) is 10.6. The van der Waals surface area contributed by atoms with Gasteiger partial charge in [0, 0.05) is 6.42 Å². The fourth-order valence-electron chi connectivity index (χ4n) is 6.19. The summed E-state index contributed by atoms with van der Waals surface area (Å²) in [5, 5.41) is 39.7. The number of nitrogens with zero attached hydrogens (tertiary/aromatic N) is 3. The summed E-state index contributed by atoms with van der Waals surface area (Å²) < 4.78 is 12.6. The van der Waals surface area contributed by atoms with Gasteiger partial charge in [0.2, 0.25) is 11.7 Å². The lowest BCUT2D eigenvalue weighted by Crippen LogP contribution is -2.65. The number of hydrogen-bond donors (Lipinski definition) is 1. The summed E-state index contributed by atoms with van der Waals surface area (Å²) in [6, 6.07) is 6.68. The lowest BCUT2D eigenvalue weighted by molar-refractivity contribution is -0.308. The minimum atomic E-state index is -1.75. The van der Waals surface area contributed by atoms with Crippen LogP contribution < -0.4 is 0 Å². The maximum absolute atomic E-state index is 10.4. The van der Waals surface area contributed by atoms with E-state index < -0.39 is 28.6 Å². The van der Waals surface area contributed by atoms with Crippen LogP contribution in [0, 0.1) is 73.4 Å². The fraction of sp³-hybridized carbons (Fsp3) is 0.739. The Labute approximate surface area is 172 Å². The predicted octanol–water partition coefficient (Wildman–Crippen LogP) is 4.45. The Kier molecular flexibility index (Phi) is 4.34. The van der Waals surface area contributed by atoms with Gasteiger partial charge in [0.1, 0.15) is 0 Å². The fourth-order valence-corrected chi connectivity index (χ4v) is 6.19. The lowest BCUT2D eigenvalue weighted by atomic mass is 9.48. The molecule has 0 aromatic carbocycles. The molecule has 0 radical (unpaired) electrons. The van der Waals surface area contributed by atoms with E-state index in [1.54, 1.807) is 0 Å². The lowest BCUT2D eigenvalue weighted by Gasteiger charge is -2.55. The zero-order valence-electron chi connectivity index (χ0n) is 17.4. The molecule has 2 heterocycles. The van der Waals surface area contributed by atoms with Crippen LogP contribution in [0.5, 0.6) is 0 Å². The summed E-state index contributed by atoms with van der Waals surface area (Å²) in [5.41, 5.74) is -3.32. The number of nitrogens with one attached hydrogen (secondary N) is 1. The highest BCUT2D eigenvalue weighted by Gasteiger charge is 2.81. The molecule has 152 valence electrons. The van der Waals surface area contributed by atoms with E-state index in [1.165, 1.54) is 0 Å². The third kappa shape index (κ3) is 2.38. The first-order valence-electron chi connectivity index (χ1n) is 10.6. The van der Waals surface area contributed by atoms with Crippen molar-refractivity contribution in [2.75, 3.05) is 0 Å². The molecule has 0 spiro atoms. The van der Waals surface area contributed by atoms with Crippen LogP contribution in [0.1, 0.15) is 59.3 Å². The van der Waals surface area contributed by atoms with Crippen LogP contribution in [-0.2, 0) is 9.47 Å². The minimum Gasteiger partial charge on any atom is -0.447 e. The van der Waals surface area contributed by atoms with E-state index in [1.807, 2.05) is 0 Å². The zero-order chi connectivity index (χ0) is 21.1. The van der Waals surface area contributed by atoms with E-state index in [9.17, 15) is 15.8 Å². The van der Waals surface area contributed by atoms with Crippen molar-refractivity contribution >= 4 is 5.90 Å². The van der Waals surface area contributed by atoms with E-state index in [0.717, 1.165) is 19.3 Å². The van der Waals surface area contributed by atoms with Gasteiger partial charge in [-0.15, -0.1) is 0 Å². The highest BCUT2D eigenvalue weighted by Crippen LogP contribution is 2.68. The number of rotatable bonds is 1. The Morgan fingerprint density at radius 1 is 1.10 bits per heavy atom. The summed E-state index contributed by atoms with van der Waals surface area (Å²) in [4.78, 5) is 0. The summed E-state index contributed by atoms with van der Waals surface area (Å²) in [6.45, 7) is 6.52. The largest absolute Gasteiger partial charge is 0.447 e. The van der Waals surface area contributed by atoms with Crippen molar-refractivity contribution < 1.29 is 9.47 Å². The topological polar surface area (TPSA) is 114 Å². The van der Waals surface area contributed by atoms with E-state index in [2.05, 4.69) is 51.1 Å². The maximum Gasteiger partial charge on any atom is 0.217 e. The van der Waals surface area contributed by atoms with Crippen LogP contribution in [0.3, 0.4) is 0 Å². The van der Waals surface area contributed by atoms with Crippen LogP contribution in [-0.4, -0.2) is 17.8 Å². The number of allylic oxidation sites excluding steroid dienone is 2.